The topological polar surface area (TPSA) is 30.0 Å². The lowest BCUT2D eigenvalue weighted by atomic mass is 10.0. The quantitative estimate of drug-likeness (QED) is 0.518. The van der Waals surface area contributed by atoms with Crippen LogP contribution in [0.3, 0.4) is 0 Å². The van der Waals surface area contributed by atoms with Gasteiger partial charge in [0.25, 0.3) is 11.4 Å². The van der Waals surface area contributed by atoms with E-state index in [0.29, 0.717) is 0 Å². The molecule has 0 saturated heterocycles. The number of rotatable bonds is 2. The van der Waals surface area contributed by atoms with Crippen LogP contribution in [0.1, 0.15) is 11.1 Å². The molecule has 25 heavy (non-hydrogen) atoms. The van der Waals surface area contributed by atoms with Gasteiger partial charge in [-0.2, -0.15) is 9.13 Å². The van der Waals surface area contributed by atoms with Crippen LogP contribution in [0.4, 0.5) is 0 Å². The van der Waals surface area contributed by atoms with Crippen molar-refractivity contribution in [2.75, 3.05) is 0 Å². The summed E-state index contributed by atoms with van der Waals surface area (Å²) in [5.41, 5.74) is 7.31. The molecule has 0 aliphatic carbocycles. The first kappa shape index (κ1) is 15.6. The van der Waals surface area contributed by atoms with Crippen LogP contribution in [0.15, 0.2) is 49.1 Å². The molecule has 0 aromatic carbocycles. The third kappa shape index (κ3) is 2.27. The minimum atomic E-state index is 0.946. The van der Waals surface area contributed by atoms with Gasteiger partial charge in [-0.05, 0) is 26.0 Å². The molecule has 0 fully saturated rings. The zero-order valence-electron chi connectivity index (χ0n) is 15.4. The van der Waals surface area contributed by atoms with E-state index in [1.54, 1.807) is 0 Å². The molecule has 126 valence electrons. The van der Waals surface area contributed by atoms with Gasteiger partial charge in [0.2, 0.25) is 11.5 Å². The zero-order chi connectivity index (χ0) is 17.7. The van der Waals surface area contributed by atoms with Gasteiger partial charge in [-0.3, -0.25) is 4.40 Å². The third-order valence-corrected chi connectivity index (χ3v) is 4.96. The first-order chi connectivity index (χ1) is 12.0. The highest BCUT2D eigenvalue weighted by Gasteiger charge is 2.29. The molecule has 4 heterocycles. The van der Waals surface area contributed by atoms with Crippen LogP contribution >= 0.6 is 0 Å². The van der Waals surface area contributed by atoms with Gasteiger partial charge < -0.3 is 4.57 Å². The van der Waals surface area contributed by atoms with E-state index in [0.717, 1.165) is 11.5 Å². The lowest BCUT2D eigenvalue weighted by Crippen LogP contribution is -2.41. The van der Waals surface area contributed by atoms with Crippen molar-refractivity contribution >= 4 is 5.78 Å². The fraction of sp³-hybridized carbons (Fsp3) is 0.250. The predicted molar refractivity (Wildman–Crippen MR) is 96.9 cm³/mol. The molecule has 4 aromatic rings. The molecule has 0 aliphatic rings. The first-order valence-electron chi connectivity index (χ1n) is 8.43. The number of nitrogens with zero attached hydrogens (tertiary/aromatic N) is 5. The number of fused-ring (bicyclic) bond motifs is 1. The molecule has 0 spiro atoms. The second-order valence-electron chi connectivity index (χ2n) is 6.67. The Labute approximate surface area is 147 Å². The Balaban J connectivity index is 2.04. The van der Waals surface area contributed by atoms with E-state index in [4.69, 9.17) is 0 Å². The minimum absolute atomic E-state index is 0.946. The maximum atomic E-state index is 4.45. The second-order valence-corrected chi connectivity index (χ2v) is 6.67. The molecule has 4 aromatic heterocycles. The minimum Gasteiger partial charge on any atom is -0.308 e. The van der Waals surface area contributed by atoms with Crippen molar-refractivity contribution in [1.82, 2.24) is 14.0 Å². The summed E-state index contributed by atoms with van der Waals surface area (Å²) >= 11 is 0. The molecular formula is C20H23N5+2. The zero-order valence-corrected chi connectivity index (χ0v) is 15.4. The van der Waals surface area contributed by atoms with Gasteiger partial charge in [0, 0.05) is 48.9 Å². The molecule has 0 atom stereocenters. The second kappa shape index (κ2) is 5.55. The van der Waals surface area contributed by atoms with E-state index in [9.17, 15) is 0 Å². The predicted octanol–water partition coefficient (Wildman–Crippen LogP) is 2.27. The Morgan fingerprint density at radius 1 is 1.04 bits per heavy atom. The van der Waals surface area contributed by atoms with Crippen molar-refractivity contribution in [3.05, 3.63) is 60.2 Å². The smallest absolute Gasteiger partial charge is 0.280 e. The Kier molecular flexibility index (Phi) is 3.46. The van der Waals surface area contributed by atoms with Gasteiger partial charge >= 0.3 is 0 Å². The van der Waals surface area contributed by atoms with Crippen molar-refractivity contribution in [3.8, 4) is 22.8 Å². The molecule has 0 radical (unpaired) electrons. The van der Waals surface area contributed by atoms with Crippen LogP contribution in [-0.4, -0.2) is 14.0 Å². The number of imidazole rings is 2. The number of aromatic nitrogens is 5. The maximum Gasteiger partial charge on any atom is 0.280 e. The van der Waals surface area contributed by atoms with Crippen LogP contribution in [0.25, 0.3) is 28.6 Å². The molecule has 0 saturated carbocycles. The van der Waals surface area contributed by atoms with Gasteiger partial charge in [-0.25, -0.2) is 4.98 Å². The van der Waals surface area contributed by atoms with Crippen LogP contribution < -0.4 is 9.13 Å². The largest absolute Gasteiger partial charge is 0.308 e. The van der Waals surface area contributed by atoms with Crippen LogP contribution in [0.2, 0.25) is 0 Å². The van der Waals surface area contributed by atoms with Crippen molar-refractivity contribution in [3.63, 3.8) is 0 Å². The molecule has 5 nitrogen and oxygen atoms in total. The fourth-order valence-electron chi connectivity index (χ4n) is 3.83. The lowest BCUT2D eigenvalue weighted by molar-refractivity contribution is -0.685. The highest BCUT2D eigenvalue weighted by atomic mass is 15.2. The summed E-state index contributed by atoms with van der Waals surface area (Å²) in [5.74, 6) is 0.946. The highest BCUT2D eigenvalue weighted by Crippen LogP contribution is 2.26. The van der Waals surface area contributed by atoms with Crippen LogP contribution in [-0.2, 0) is 21.1 Å². The van der Waals surface area contributed by atoms with Gasteiger partial charge in [-0.15, -0.1) is 0 Å². The van der Waals surface area contributed by atoms with Crippen LogP contribution in [0, 0.1) is 13.8 Å². The van der Waals surface area contributed by atoms with E-state index in [1.807, 2.05) is 12.4 Å². The summed E-state index contributed by atoms with van der Waals surface area (Å²) in [6, 6.07) is 8.58. The summed E-state index contributed by atoms with van der Waals surface area (Å²) in [5, 5.41) is 0. The lowest BCUT2D eigenvalue weighted by Gasteiger charge is -2.10. The van der Waals surface area contributed by atoms with Crippen LogP contribution in [0.5, 0.6) is 0 Å². The first-order valence-corrected chi connectivity index (χ1v) is 8.43. The number of hydrogen-bond acceptors (Lipinski definition) is 1. The molecule has 0 amide bonds. The van der Waals surface area contributed by atoms with Crippen molar-refractivity contribution < 1.29 is 9.13 Å². The number of pyridine rings is 2. The molecule has 4 rings (SSSR count). The SMILES string of the molecule is Cc1cc(C)c(-c2cccc[n+]2C)[n+](C)c1-c1cn2ccnc2n1C. The Morgan fingerprint density at radius 3 is 2.52 bits per heavy atom. The summed E-state index contributed by atoms with van der Waals surface area (Å²) in [7, 11) is 6.30. The number of aryl methyl sites for hydroxylation is 4. The molecule has 0 bridgehead atoms. The average molecular weight is 333 g/mol. The average Bonchev–Trinajstić information content (AvgIpc) is 3.13. The normalized spacial score (nSPS) is 11.4. The summed E-state index contributed by atoms with van der Waals surface area (Å²) < 4.78 is 8.68. The molecule has 0 aliphatic heterocycles. The van der Waals surface area contributed by atoms with Crippen molar-refractivity contribution in [2.45, 2.75) is 13.8 Å². The standard InChI is InChI=1S/C20H23N5/c1-14-12-15(2)19(17-13-25-11-9-21-20(25)23(17)4)24(5)18(14)16-8-6-7-10-22(16)3/h6-13H,1-5H3/q+2. The summed E-state index contributed by atoms with van der Waals surface area (Å²) in [6.45, 7) is 4.35. The van der Waals surface area contributed by atoms with Crippen molar-refractivity contribution in [2.24, 2.45) is 21.1 Å². The fourth-order valence-corrected chi connectivity index (χ4v) is 3.83. The van der Waals surface area contributed by atoms with Gasteiger partial charge in [0.05, 0.1) is 0 Å². The molecule has 0 N–H and O–H groups in total. The Hall–Kier alpha value is -2.95. The van der Waals surface area contributed by atoms with E-state index in [2.05, 4.69) is 94.7 Å². The van der Waals surface area contributed by atoms with E-state index < -0.39 is 0 Å². The van der Waals surface area contributed by atoms with Gasteiger partial charge in [0.1, 0.15) is 19.8 Å². The van der Waals surface area contributed by atoms with Gasteiger partial charge in [-0.1, -0.05) is 0 Å². The van der Waals surface area contributed by atoms with Crippen molar-refractivity contribution in [1.29, 1.82) is 0 Å². The third-order valence-electron chi connectivity index (χ3n) is 4.96. The molecule has 5 heteroatoms. The summed E-state index contributed by atoms with van der Waals surface area (Å²) in [4.78, 5) is 4.45. The highest BCUT2D eigenvalue weighted by molar-refractivity contribution is 5.63. The van der Waals surface area contributed by atoms with Gasteiger partial charge in [0.15, 0.2) is 6.20 Å². The number of hydrogen-bond donors (Lipinski definition) is 0. The maximum absolute atomic E-state index is 4.45. The summed E-state index contributed by atoms with van der Waals surface area (Å²) in [6.07, 6.45) is 8.05. The molecule has 0 unspecified atom stereocenters. The van der Waals surface area contributed by atoms with E-state index >= 15 is 0 Å². The Morgan fingerprint density at radius 2 is 1.80 bits per heavy atom. The van der Waals surface area contributed by atoms with E-state index in [1.165, 1.54) is 28.2 Å². The van der Waals surface area contributed by atoms with E-state index in [-0.39, 0.29) is 0 Å². The molecular weight excluding hydrogens is 310 g/mol. The Bertz CT molecular complexity index is 1100. The monoisotopic (exact) mass is 333 g/mol.